The van der Waals surface area contributed by atoms with Crippen LogP contribution in [0.4, 0.5) is 0 Å². The quantitative estimate of drug-likeness (QED) is 0.735. The summed E-state index contributed by atoms with van der Waals surface area (Å²) in [5.74, 6) is 0.403. The van der Waals surface area contributed by atoms with Crippen LogP contribution < -0.4 is 10.1 Å². The molecular formula is C18H21ClN2O4S2. The number of halogens is 1. The van der Waals surface area contributed by atoms with Crippen LogP contribution in [-0.4, -0.2) is 38.8 Å². The zero-order valence-electron chi connectivity index (χ0n) is 14.9. The van der Waals surface area contributed by atoms with E-state index in [-0.39, 0.29) is 12.3 Å². The fourth-order valence-electron chi connectivity index (χ4n) is 2.90. The van der Waals surface area contributed by atoms with Gasteiger partial charge in [0, 0.05) is 18.0 Å². The minimum atomic E-state index is -3.40. The van der Waals surface area contributed by atoms with Crippen molar-refractivity contribution < 1.29 is 17.9 Å². The Morgan fingerprint density at radius 3 is 2.67 bits per heavy atom. The minimum absolute atomic E-state index is 0.159. The van der Waals surface area contributed by atoms with Crippen LogP contribution in [0.2, 0.25) is 5.02 Å². The van der Waals surface area contributed by atoms with Crippen molar-refractivity contribution in [1.29, 1.82) is 0 Å². The first-order valence-electron chi connectivity index (χ1n) is 8.58. The first-order chi connectivity index (χ1) is 12.9. The lowest BCUT2D eigenvalue weighted by Gasteiger charge is -2.13. The van der Waals surface area contributed by atoms with Crippen molar-refractivity contribution >= 4 is 38.9 Å². The van der Waals surface area contributed by atoms with E-state index in [1.807, 2.05) is 0 Å². The summed E-state index contributed by atoms with van der Waals surface area (Å²) < 4.78 is 32.0. The highest BCUT2D eigenvalue weighted by atomic mass is 35.5. The molecular weight excluding hydrogens is 408 g/mol. The zero-order chi connectivity index (χ0) is 19.4. The van der Waals surface area contributed by atoms with Crippen LogP contribution in [0.3, 0.4) is 0 Å². The van der Waals surface area contributed by atoms with E-state index in [0.717, 1.165) is 23.3 Å². The summed E-state index contributed by atoms with van der Waals surface area (Å²) in [6, 6.07) is 8.57. The zero-order valence-corrected chi connectivity index (χ0v) is 17.3. The van der Waals surface area contributed by atoms with E-state index in [0.29, 0.717) is 34.6 Å². The van der Waals surface area contributed by atoms with Crippen LogP contribution >= 0.6 is 22.9 Å². The number of hydrogen-bond donors (Lipinski definition) is 1. The molecule has 27 heavy (non-hydrogen) atoms. The van der Waals surface area contributed by atoms with Crippen molar-refractivity contribution in [2.45, 2.75) is 30.0 Å². The highest BCUT2D eigenvalue weighted by Crippen LogP contribution is 2.27. The molecule has 146 valence electrons. The largest absolute Gasteiger partial charge is 0.495 e. The standard InChI is InChI=1S/C18H21ClN2O4S2/c1-25-16-6-4-13(10-15(16)19)11-17(22)20-12-14-5-7-18(26-14)27(23,24)21-8-2-3-9-21/h4-7,10H,2-3,8-9,11-12H2,1H3,(H,20,22). The third kappa shape index (κ3) is 4.82. The summed E-state index contributed by atoms with van der Waals surface area (Å²) in [4.78, 5) is 13.0. The molecule has 2 aromatic rings. The topological polar surface area (TPSA) is 75.7 Å². The maximum atomic E-state index is 12.5. The van der Waals surface area contributed by atoms with Crippen LogP contribution in [0.5, 0.6) is 5.75 Å². The molecule has 1 aliphatic heterocycles. The Balaban J connectivity index is 1.56. The number of ether oxygens (including phenoxy) is 1. The lowest BCUT2D eigenvalue weighted by molar-refractivity contribution is -0.120. The smallest absolute Gasteiger partial charge is 0.252 e. The Kier molecular flexibility index (Phi) is 6.41. The molecule has 1 aromatic carbocycles. The van der Waals surface area contributed by atoms with Crippen molar-refractivity contribution in [3.8, 4) is 5.75 Å². The number of sulfonamides is 1. The number of methoxy groups -OCH3 is 1. The molecule has 0 saturated carbocycles. The molecule has 9 heteroatoms. The fourth-order valence-corrected chi connectivity index (χ4v) is 6.15. The Morgan fingerprint density at radius 1 is 1.26 bits per heavy atom. The number of amides is 1. The van der Waals surface area contributed by atoms with E-state index in [1.165, 1.54) is 22.8 Å². The fraction of sp³-hybridized carbons (Fsp3) is 0.389. The van der Waals surface area contributed by atoms with Gasteiger partial charge < -0.3 is 10.1 Å². The molecule has 1 aromatic heterocycles. The number of benzene rings is 1. The van der Waals surface area contributed by atoms with E-state index in [9.17, 15) is 13.2 Å². The van der Waals surface area contributed by atoms with Crippen LogP contribution in [0.15, 0.2) is 34.5 Å². The van der Waals surface area contributed by atoms with Crippen LogP contribution in [-0.2, 0) is 27.8 Å². The third-order valence-corrected chi connectivity index (χ3v) is 8.08. The second-order valence-electron chi connectivity index (χ2n) is 6.25. The Labute approximate surface area is 168 Å². The minimum Gasteiger partial charge on any atom is -0.495 e. The molecule has 2 heterocycles. The normalized spacial score (nSPS) is 15.0. The van der Waals surface area contributed by atoms with E-state index < -0.39 is 10.0 Å². The maximum absolute atomic E-state index is 12.5. The van der Waals surface area contributed by atoms with Crippen molar-refractivity contribution in [1.82, 2.24) is 9.62 Å². The molecule has 0 unspecified atom stereocenters. The Bertz CT molecular complexity index is 921. The average Bonchev–Trinajstić information content (AvgIpc) is 3.32. The summed E-state index contributed by atoms with van der Waals surface area (Å²) in [6.45, 7) is 1.45. The highest BCUT2D eigenvalue weighted by molar-refractivity contribution is 7.91. The van der Waals surface area contributed by atoms with Gasteiger partial charge in [-0.3, -0.25) is 4.79 Å². The van der Waals surface area contributed by atoms with Gasteiger partial charge in [0.1, 0.15) is 9.96 Å². The number of carbonyl (C=O) groups excluding carboxylic acids is 1. The van der Waals surface area contributed by atoms with Gasteiger partial charge in [-0.25, -0.2) is 8.42 Å². The third-order valence-electron chi connectivity index (χ3n) is 4.34. The van der Waals surface area contributed by atoms with Crippen molar-refractivity contribution in [3.63, 3.8) is 0 Å². The van der Waals surface area contributed by atoms with Gasteiger partial charge in [-0.1, -0.05) is 17.7 Å². The second-order valence-corrected chi connectivity index (χ2v) is 9.99. The van der Waals surface area contributed by atoms with Crippen molar-refractivity contribution in [3.05, 3.63) is 45.8 Å². The number of thiophene rings is 1. The van der Waals surface area contributed by atoms with Crippen LogP contribution in [0.25, 0.3) is 0 Å². The number of hydrogen-bond acceptors (Lipinski definition) is 5. The van der Waals surface area contributed by atoms with Gasteiger partial charge in [-0.2, -0.15) is 4.31 Å². The number of rotatable bonds is 7. The molecule has 3 rings (SSSR count). The lowest BCUT2D eigenvalue weighted by Crippen LogP contribution is -2.27. The molecule has 0 bridgehead atoms. The first-order valence-corrected chi connectivity index (χ1v) is 11.2. The molecule has 1 amide bonds. The lowest BCUT2D eigenvalue weighted by atomic mass is 10.1. The summed E-state index contributed by atoms with van der Waals surface area (Å²) in [6.07, 6.45) is 2.00. The molecule has 1 N–H and O–H groups in total. The Hall–Kier alpha value is -1.61. The average molecular weight is 429 g/mol. The van der Waals surface area contributed by atoms with Crippen LogP contribution in [0.1, 0.15) is 23.3 Å². The van der Waals surface area contributed by atoms with E-state index in [1.54, 1.807) is 30.3 Å². The van der Waals surface area contributed by atoms with Crippen LogP contribution in [0, 0.1) is 0 Å². The predicted molar refractivity (Wildman–Crippen MR) is 106 cm³/mol. The predicted octanol–water partition coefficient (Wildman–Crippen LogP) is 3.05. The molecule has 0 spiro atoms. The number of carbonyl (C=O) groups is 1. The van der Waals surface area contributed by atoms with Crippen molar-refractivity contribution in [2.24, 2.45) is 0 Å². The molecule has 0 radical (unpaired) electrons. The first kappa shape index (κ1) is 20.1. The van der Waals surface area contributed by atoms with Gasteiger partial charge in [0.15, 0.2) is 0 Å². The molecule has 6 nitrogen and oxygen atoms in total. The van der Waals surface area contributed by atoms with Gasteiger partial charge in [0.25, 0.3) is 10.0 Å². The van der Waals surface area contributed by atoms with Gasteiger partial charge in [0.05, 0.1) is 25.1 Å². The SMILES string of the molecule is COc1ccc(CC(=O)NCc2ccc(S(=O)(=O)N3CCCC3)s2)cc1Cl. The molecule has 0 aliphatic carbocycles. The monoisotopic (exact) mass is 428 g/mol. The van der Waals surface area contributed by atoms with E-state index >= 15 is 0 Å². The van der Waals surface area contributed by atoms with Gasteiger partial charge in [-0.15, -0.1) is 11.3 Å². The maximum Gasteiger partial charge on any atom is 0.252 e. The van der Waals surface area contributed by atoms with Gasteiger partial charge in [-0.05, 0) is 42.7 Å². The Morgan fingerprint density at radius 2 is 2.00 bits per heavy atom. The summed E-state index contributed by atoms with van der Waals surface area (Å²) >= 11 is 7.27. The molecule has 1 saturated heterocycles. The summed E-state index contributed by atoms with van der Waals surface area (Å²) in [7, 11) is -1.87. The summed E-state index contributed by atoms with van der Waals surface area (Å²) in [5, 5.41) is 3.27. The van der Waals surface area contributed by atoms with E-state index in [2.05, 4.69) is 5.32 Å². The summed E-state index contributed by atoms with van der Waals surface area (Å²) in [5.41, 5.74) is 0.779. The number of nitrogens with one attached hydrogen (secondary N) is 1. The highest BCUT2D eigenvalue weighted by Gasteiger charge is 2.28. The second kappa shape index (κ2) is 8.60. The van der Waals surface area contributed by atoms with Crippen molar-refractivity contribution in [2.75, 3.05) is 20.2 Å². The number of nitrogens with zero attached hydrogens (tertiary/aromatic N) is 1. The van der Waals surface area contributed by atoms with E-state index in [4.69, 9.17) is 16.3 Å². The van der Waals surface area contributed by atoms with Gasteiger partial charge >= 0.3 is 0 Å². The molecule has 1 fully saturated rings. The molecule has 0 atom stereocenters. The van der Waals surface area contributed by atoms with Gasteiger partial charge in [0.2, 0.25) is 5.91 Å². The molecule has 1 aliphatic rings.